The summed E-state index contributed by atoms with van der Waals surface area (Å²) in [7, 11) is -1.84. The summed E-state index contributed by atoms with van der Waals surface area (Å²) in [5, 5.41) is 2.71. The van der Waals surface area contributed by atoms with Crippen LogP contribution in [0.5, 0.6) is 5.75 Å². The van der Waals surface area contributed by atoms with E-state index in [1.54, 1.807) is 6.07 Å². The quantitative estimate of drug-likeness (QED) is 0.678. The zero-order valence-electron chi connectivity index (χ0n) is 15.8. The van der Waals surface area contributed by atoms with Crippen LogP contribution in [0, 0.1) is 11.6 Å². The fourth-order valence-corrected chi connectivity index (χ4v) is 4.45. The number of fused-ring (bicyclic) bond motifs is 1. The average molecular weight is 419 g/mol. The third-order valence-electron chi connectivity index (χ3n) is 5.00. The smallest absolute Gasteiger partial charge is 0.163 e. The SMILES string of the molecule is COc1ccc(F)cc1-c1c(F)cnc2[nH]c(C3=CCNC(S(C)(=O)=O)C3)cc12. The van der Waals surface area contributed by atoms with Crippen LogP contribution in [0.1, 0.15) is 12.1 Å². The van der Waals surface area contributed by atoms with Gasteiger partial charge in [-0.1, -0.05) is 6.08 Å². The van der Waals surface area contributed by atoms with E-state index in [-0.39, 0.29) is 17.5 Å². The molecular weight excluding hydrogens is 400 g/mol. The van der Waals surface area contributed by atoms with Gasteiger partial charge in [0.2, 0.25) is 0 Å². The van der Waals surface area contributed by atoms with Crippen molar-refractivity contribution < 1.29 is 21.9 Å². The molecular formula is C20H19F2N3O3S. The number of benzene rings is 1. The number of halogens is 2. The monoisotopic (exact) mass is 419 g/mol. The highest BCUT2D eigenvalue weighted by Gasteiger charge is 2.26. The number of aromatic nitrogens is 2. The number of hydrogen-bond donors (Lipinski definition) is 2. The van der Waals surface area contributed by atoms with Gasteiger partial charge in [0.25, 0.3) is 0 Å². The molecule has 2 N–H and O–H groups in total. The van der Waals surface area contributed by atoms with E-state index >= 15 is 0 Å². The molecule has 1 aliphatic heterocycles. The van der Waals surface area contributed by atoms with E-state index in [1.807, 2.05) is 6.08 Å². The minimum Gasteiger partial charge on any atom is -0.496 e. The first-order chi connectivity index (χ1) is 13.8. The summed E-state index contributed by atoms with van der Waals surface area (Å²) in [6.07, 6.45) is 4.40. The van der Waals surface area contributed by atoms with Gasteiger partial charge in [0.15, 0.2) is 9.84 Å². The van der Waals surface area contributed by atoms with Crippen molar-refractivity contribution in [3.63, 3.8) is 0 Å². The molecule has 0 radical (unpaired) electrons. The van der Waals surface area contributed by atoms with Crippen molar-refractivity contribution in [1.29, 1.82) is 0 Å². The summed E-state index contributed by atoms with van der Waals surface area (Å²) in [6, 6.07) is 5.61. The van der Waals surface area contributed by atoms with E-state index in [0.29, 0.717) is 29.0 Å². The van der Waals surface area contributed by atoms with E-state index < -0.39 is 26.8 Å². The largest absolute Gasteiger partial charge is 0.496 e. The Morgan fingerprint density at radius 1 is 1.24 bits per heavy atom. The number of hydrogen-bond acceptors (Lipinski definition) is 5. The number of rotatable bonds is 4. The van der Waals surface area contributed by atoms with Gasteiger partial charge in [0.1, 0.15) is 28.4 Å². The van der Waals surface area contributed by atoms with Gasteiger partial charge in [-0.15, -0.1) is 0 Å². The molecule has 0 aliphatic carbocycles. The van der Waals surface area contributed by atoms with Gasteiger partial charge in [0.05, 0.1) is 13.3 Å². The second kappa shape index (κ2) is 7.23. The first-order valence-electron chi connectivity index (χ1n) is 8.90. The lowest BCUT2D eigenvalue weighted by Crippen LogP contribution is -2.38. The van der Waals surface area contributed by atoms with Crippen molar-refractivity contribution in [1.82, 2.24) is 15.3 Å². The summed E-state index contributed by atoms with van der Waals surface area (Å²) < 4.78 is 57.7. The fraction of sp³-hybridized carbons (Fsp3) is 0.250. The molecule has 0 bridgehead atoms. The van der Waals surface area contributed by atoms with Crippen molar-refractivity contribution in [2.75, 3.05) is 19.9 Å². The number of pyridine rings is 1. The molecule has 3 aromatic rings. The maximum Gasteiger partial charge on any atom is 0.163 e. The molecule has 4 rings (SSSR count). The van der Waals surface area contributed by atoms with Crippen LogP contribution in [0.3, 0.4) is 0 Å². The highest BCUT2D eigenvalue weighted by Crippen LogP contribution is 2.38. The third kappa shape index (κ3) is 3.63. The van der Waals surface area contributed by atoms with E-state index in [9.17, 15) is 17.2 Å². The van der Waals surface area contributed by atoms with E-state index in [4.69, 9.17) is 4.74 Å². The average Bonchev–Trinajstić information content (AvgIpc) is 3.11. The number of nitrogens with one attached hydrogen (secondary N) is 2. The molecule has 152 valence electrons. The zero-order valence-corrected chi connectivity index (χ0v) is 16.6. The molecule has 29 heavy (non-hydrogen) atoms. The van der Waals surface area contributed by atoms with Crippen molar-refractivity contribution in [2.24, 2.45) is 0 Å². The van der Waals surface area contributed by atoms with E-state index in [0.717, 1.165) is 11.8 Å². The molecule has 3 heterocycles. The Labute approximate surface area is 166 Å². The molecule has 0 spiro atoms. The summed E-state index contributed by atoms with van der Waals surface area (Å²) in [4.78, 5) is 7.23. The molecule has 1 aliphatic rings. The second-order valence-electron chi connectivity index (χ2n) is 6.93. The van der Waals surface area contributed by atoms with Gasteiger partial charge in [0, 0.05) is 41.4 Å². The van der Waals surface area contributed by atoms with Crippen molar-refractivity contribution in [3.8, 4) is 16.9 Å². The normalized spacial score (nSPS) is 17.4. The highest BCUT2D eigenvalue weighted by atomic mass is 32.2. The van der Waals surface area contributed by atoms with Crippen LogP contribution in [0.15, 0.2) is 36.5 Å². The molecule has 0 saturated heterocycles. The van der Waals surface area contributed by atoms with Crippen LogP contribution in [0.2, 0.25) is 0 Å². The lowest BCUT2D eigenvalue weighted by atomic mass is 10.0. The predicted molar refractivity (Wildman–Crippen MR) is 107 cm³/mol. The Balaban J connectivity index is 1.86. The summed E-state index contributed by atoms with van der Waals surface area (Å²) in [5.41, 5.74) is 2.29. The lowest BCUT2D eigenvalue weighted by Gasteiger charge is -2.22. The maximum atomic E-state index is 14.8. The van der Waals surface area contributed by atoms with E-state index in [1.165, 1.54) is 31.6 Å². The number of sulfone groups is 1. The Morgan fingerprint density at radius 2 is 2.03 bits per heavy atom. The van der Waals surface area contributed by atoms with Crippen LogP contribution < -0.4 is 10.1 Å². The maximum absolute atomic E-state index is 14.8. The van der Waals surface area contributed by atoms with Gasteiger partial charge in [-0.3, -0.25) is 5.32 Å². The summed E-state index contributed by atoms with van der Waals surface area (Å²) >= 11 is 0. The third-order valence-corrected chi connectivity index (χ3v) is 6.37. The lowest BCUT2D eigenvalue weighted by molar-refractivity contribution is 0.415. The number of ether oxygens (including phenoxy) is 1. The highest BCUT2D eigenvalue weighted by molar-refractivity contribution is 7.91. The molecule has 0 fully saturated rings. The molecule has 0 saturated carbocycles. The number of H-pyrrole nitrogens is 1. The molecule has 6 nitrogen and oxygen atoms in total. The van der Waals surface area contributed by atoms with Gasteiger partial charge in [-0.2, -0.15) is 0 Å². The van der Waals surface area contributed by atoms with Gasteiger partial charge < -0.3 is 9.72 Å². The van der Waals surface area contributed by atoms with Crippen LogP contribution in [-0.2, 0) is 9.84 Å². The van der Waals surface area contributed by atoms with Crippen LogP contribution >= 0.6 is 0 Å². The Morgan fingerprint density at radius 3 is 2.76 bits per heavy atom. The molecule has 1 aromatic carbocycles. The molecule has 1 atom stereocenters. The van der Waals surface area contributed by atoms with Crippen molar-refractivity contribution in [3.05, 3.63) is 53.9 Å². The topological polar surface area (TPSA) is 84.1 Å². The van der Waals surface area contributed by atoms with Gasteiger partial charge in [-0.05, 0) is 29.8 Å². The van der Waals surface area contributed by atoms with E-state index in [2.05, 4.69) is 15.3 Å². The van der Waals surface area contributed by atoms with Crippen LogP contribution in [-0.4, -0.2) is 43.7 Å². The minimum absolute atomic E-state index is 0.169. The van der Waals surface area contributed by atoms with Gasteiger partial charge >= 0.3 is 0 Å². The zero-order chi connectivity index (χ0) is 20.8. The Hall–Kier alpha value is -2.78. The standard InChI is InChI=1S/C20H19F2N3O3S/c1-28-17-4-3-12(21)8-13(17)19-14-9-16(25-20(14)24-10-15(19)22)11-5-6-23-18(7-11)29(2,26)27/h3-5,8-10,18,23H,6-7H2,1-2H3,(H,24,25). The summed E-state index contributed by atoms with van der Waals surface area (Å²) in [5.74, 6) is -0.794. The molecule has 9 heteroatoms. The fourth-order valence-electron chi connectivity index (χ4n) is 3.56. The second-order valence-corrected chi connectivity index (χ2v) is 9.16. The van der Waals surface area contributed by atoms with Crippen molar-refractivity contribution in [2.45, 2.75) is 11.8 Å². The van der Waals surface area contributed by atoms with Crippen molar-refractivity contribution >= 4 is 26.4 Å². The first kappa shape index (κ1) is 19.5. The van der Waals surface area contributed by atoms with Crippen LogP contribution in [0.25, 0.3) is 27.7 Å². The first-order valence-corrected chi connectivity index (χ1v) is 10.9. The Bertz CT molecular complexity index is 1240. The van der Waals surface area contributed by atoms with Crippen LogP contribution in [0.4, 0.5) is 8.78 Å². The number of nitrogens with zero attached hydrogens (tertiary/aromatic N) is 1. The molecule has 2 aromatic heterocycles. The van der Waals surface area contributed by atoms with Gasteiger partial charge in [-0.25, -0.2) is 22.2 Å². The molecule has 0 amide bonds. The molecule has 1 unspecified atom stereocenters. The predicted octanol–water partition coefficient (Wildman–Crippen LogP) is 3.26. The number of aromatic amines is 1. The Kier molecular flexibility index (Phi) is 4.87. The number of methoxy groups -OCH3 is 1. The minimum atomic E-state index is -3.27. The summed E-state index contributed by atoms with van der Waals surface area (Å²) in [6.45, 7) is 0.398.